The molecule has 4 N–H and O–H groups in total. The highest BCUT2D eigenvalue weighted by molar-refractivity contribution is 5.76. The van der Waals surface area contributed by atoms with E-state index in [2.05, 4.69) is 28.4 Å². The van der Waals surface area contributed by atoms with Crippen LogP contribution >= 0.6 is 0 Å². The Morgan fingerprint density at radius 3 is 2.17 bits per heavy atom. The molecule has 1 amide bonds. The van der Waals surface area contributed by atoms with Gasteiger partial charge in [-0.1, -0.05) is 116 Å². The summed E-state index contributed by atoms with van der Waals surface area (Å²) in [6.45, 7) is 3.01. The van der Waals surface area contributed by atoms with Crippen LogP contribution in [0, 0.1) is 0 Å². The average Bonchev–Trinajstić information content (AvgIpc) is 3.18. The van der Waals surface area contributed by atoms with E-state index in [1.807, 2.05) is 98.9 Å². The largest absolute Gasteiger partial charge is 0.481 e. The summed E-state index contributed by atoms with van der Waals surface area (Å²) >= 11 is 0. The van der Waals surface area contributed by atoms with E-state index in [-0.39, 0.29) is 37.2 Å². The minimum Gasteiger partial charge on any atom is -0.481 e. The van der Waals surface area contributed by atoms with Crippen molar-refractivity contribution in [2.24, 2.45) is 0 Å². The molecule has 5 atom stereocenters. The smallest absolute Gasteiger partial charge is 0.303 e. The maximum absolute atomic E-state index is 12.6. The predicted molar refractivity (Wildman–Crippen MR) is 201 cm³/mol. The third-order valence-electron chi connectivity index (χ3n) is 9.93. The van der Waals surface area contributed by atoms with E-state index in [9.17, 15) is 19.8 Å². The van der Waals surface area contributed by atoms with Crippen molar-refractivity contribution in [2.75, 3.05) is 13.6 Å². The lowest BCUT2D eigenvalue weighted by atomic mass is 9.97. The number of unbranched alkanes of at least 4 members (excludes halogenated alkanes) is 3. The number of carboxylic acids is 1. The van der Waals surface area contributed by atoms with Gasteiger partial charge in [0.05, 0.1) is 24.9 Å². The van der Waals surface area contributed by atoms with Gasteiger partial charge in [0.15, 0.2) is 6.29 Å². The van der Waals surface area contributed by atoms with Crippen LogP contribution in [0.3, 0.4) is 0 Å². The molecular formula is C43H52N2O7. The summed E-state index contributed by atoms with van der Waals surface area (Å²) in [6, 6.07) is 33.6. The fraction of sp³-hybridized carbons (Fsp3) is 0.395. The van der Waals surface area contributed by atoms with Gasteiger partial charge in [-0.2, -0.15) is 0 Å². The van der Waals surface area contributed by atoms with E-state index < -0.39 is 18.4 Å². The van der Waals surface area contributed by atoms with Crippen molar-refractivity contribution in [2.45, 2.75) is 95.7 Å². The normalized spacial score (nSPS) is 18.5. The number of amides is 1. The van der Waals surface area contributed by atoms with Crippen molar-refractivity contribution in [3.8, 4) is 11.1 Å². The quantitative estimate of drug-likeness (QED) is 0.0784. The molecule has 0 saturated carbocycles. The van der Waals surface area contributed by atoms with Gasteiger partial charge in [0.25, 0.3) is 0 Å². The third-order valence-corrected chi connectivity index (χ3v) is 9.93. The summed E-state index contributed by atoms with van der Waals surface area (Å²) in [7, 11) is 2.01. The number of ether oxygens (including phenoxy) is 2. The molecule has 0 aromatic heterocycles. The SMILES string of the molecule is C[C@H]([C@@H](O)c1ccccc1)N(C)C[C@@H]1C[C@H](c2ccc(CO)cc2)O[C@H](c2ccc(-c3ccccc3CNC(=O)CCCCCCC(=O)O)cc2)O1. The molecule has 0 aliphatic carbocycles. The van der Waals surface area contributed by atoms with Crippen LogP contribution in [0.25, 0.3) is 11.1 Å². The topological polar surface area (TPSA) is 129 Å². The molecule has 1 aliphatic rings. The molecule has 5 rings (SSSR count). The van der Waals surface area contributed by atoms with Crippen LogP contribution in [0.4, 0.5) is 0 Å². The Balaban J connectivity index is 1.25. The number of aliphatic hydroxyl groups excluding tert-OH is 2. The first kappa shape index (κ1) is 38.8. The van der Waals surface area contributed by atoms with Crippen molar-refractivity contribution < 1.29 is 34.4 Å². The second kappa shape index (κ2) is 19.5. The van der Waals surface area contributed by atoms with Gasteiger partial charge in [-0.25, -0.2) is 0 Å². The Kier molecular flexibility index (Phi) is 14.5. The molecular weight excluding hydrogens is 656 g/mol. The monoisotopic (exact) mass is 708 g/mol. The predicted octanol–water partition coefficient (Wildman–Crippen LogP) is 7.49. The van der Waals surface area contributed by atoms with Gasteiger partial charge in [-0.3, -0.25) is 14.5 Å². The Labute approximate surface area is 307 Å². The number of nitrogens with one attached hydrogen (secondary N) is 1. The van der Waals surface area contributed by atoms with Gasteiger partial charge >= 0.3 is 5.97 Å². The van der Waals surface area contributed by atoms with Crippen LogP contribution in [0.1, 0.15) is 98.2 Å². The van der Waals surface area contributed by atoms with Crippen molar-refractivity contribution in [3.05, 3.63) is 131 Å². The van der Waals surface area contributed by atoms with Crippen molar-refractivity contribution in [1.82, 2.24) is 10.2 Å². The molecule has 1 heterocycles. The van der Waals surface area contributed by atoms with Gasteiger partial charge < -0.3 is 30.1 Å². The third kappa shape index (κ3) is 11.1. The Morgan fingerprint density at radius 1 is 0.827 bits per heavy atom. The van der Waals surface area contributed by atoms with Crippen molar-refractivity contribution >= 4 is 11.9 Å². The van der Waals surface area contributed by atoms with E-state index in [0.29, 0.717) is 32.4 Å². The minimum atomic E-state index is -0.781. The number of nitrogens with zero attached hydrogens (tertiary/aromatic N) is 1. The molecule has 52 heavy (non-hydrogen) atoms. The molecule has 9 nitrogen and oxygen atoms in total. The number of hydrogen-bond acceptors (Lipinski definition) is 7. The highest BCUT2D eigenvalue weighted by Crippen LogP contribution is 2.39. The van der Waals surface area contributed by atoms with Crippen LogP contribution in [0.5, 0.6) is 0 Å². The highest BCUT2D eigenvalue weighted by atomic mass is 16.7. The Hall–Kier alpha value is -4.38. The van der Waals surface area contributed by atoms with Crippen molar-refractivity contribution in [3.63, 3.8) is 0 Å². The number of aliphatic carboxylic acids is 1. The molecule has 4 aromatic rings. The van der Waals surface area contributed by atoms with Gasteiger partial charge in [-0.15, -0.1) is 0 Å². The molecule has 0 radical (unpaired) electrons. The number of benzene rings is 4. The molecule has 0 bridgehead atoms. The molecule has 1 fully saturated rings. The maximum atomic E-state index is 12.6. The van der Waals surface area contributed by atoms with Gasteiger partial charge in [0, 0.05) is 44.0 Å². The summed E-state index contributed by atoms with van der Waals surface area (Å²) in [5, 5.41) is 32.5. The average molecular weight is 709 g/mol. The number of aliphatic hydroxyl groups is 2. The molecule has 1 saturated heterocycles. The van der Waals surface area contributed by atoms with Crippen LogP contribution in [0.15, 0.2) is 103 Å². The summed E-state index contributed by atoms with van der Waals surface area (Å²) < 4.78 is 13.2. The second-order valence-corrected chi connectivity index (χ2v) is 13.7. The summed E-state index contributed by atoms with van der Waals surface area (Å²) in [5.74, 6) is -0.795. The molecule has 276 valence electrons. The number of likely N-dealkylation sites (N-methyl/N-ethyl adjacent to an activating group) is 1. The fourth-order valence-corrected chi connectivity index (χ4v) is 6.66. The number of carbonyl (C=O) groups excluding carboxylic acids is 1. The maximum Gasteiger partial charge on any atom is 0.303 e. The number of hydrogen-bond donors (Lipinski definition) is 4. The molecule has 0 unspecified atom stereocenters. The zero-order chi connectivity index (χ0) is 36.9. The van der Waals surface area contributed by atoms with Crippen LogP contribution < -0.4 is 5.32 Å². The standard InChI is InChI=1S/C43H52N2O7/c1-30(42(50)34-12-6-5-7-13-34)45(2)28-37-26-39(33-20-18-31(29-46)19-21-33)52-43(51-37)35-24-22-32(23-25-35)38-15-11-10-14-36(38)27-44-40(47)16-8-3-4-9-17-41(48)49/h5-7,10-15,18-25,30,37,39,42-43,46,50H,3-4,8-9,16-17,26-29H2,1-2H3,(H,44,47)(H,48,49)/t30-,37+,39-,42-,43-/m1/s1. The van der Waals surface area contributed by atoms with E-state index in [4.69, 9.17) is 14.6 Å². The molecule has 0 spiro atoms. The summed E-state index contributed by atoms with van der Waals surface area (Å²) in [5.41, 5.74) is 6.67. The Bertz CT molecular complexity index is 1700. The highest BCUT2D eigenvalue weighted by Gasteiger charge is 2.34. The lowest BCUT2D eigenvalue weighted by molar-refractivity contribution is -0.253. The van der Waals surface area contributed by atoms with E-state index in [1.54, 1.807) is 0 Å². The minimum absolute atomic E-state index is 0.0142. The zero-order valence-electron chi connectivity index (χ0n) is 30.2. The zero-order valence-corrected chi connectivity index (χ0v) is 30.2. The number of carbonyl (C=O) groups is 2. The first-order valence-electron chi connectivity index (χ1n) is 18.3. The second-order valence-electron chi connectivity index (χ2n) is 13.7. The number of rotatable bonds is 18. The molecule has 9 heteroatoms. The summed E-state index contributed by atoms with van der Waals surface area (Å²) in [6.07, 6.45) is 2.58. The lowest BCUT2D eigenvalue weighted by Crippen LogP contribution is -2.43. The van der Waals surface area contributed by atoms with Crippen LogP contribution in [-0.4, -0.2) is 57.8 Å². The van der Waals surface area contributed by atoms with E-state index in [0.717, 1.165) is 58.2 Å². The first-order valence-corrected chi connectivity index (χ1v) is 18.3. The van der Waals surface area contributed by atoms with E-state index >= 15 is 0 Å². The molecule has 4 aromatic carbocycles. The van der Waals surface area contributed by atoms with Crippen LogP contribution in [-0.2, 0) is 32.2 Å². The molecule has 1 aliphatic heterocycles. The fourth-order valence-electron chi connectivity index (χ4n) is 6.66. The Morgan fingerprint density at radius 2 is 1.48 bits per heavy atom. The van der Waals surface area contributed by atoms with Crippen LogP contribution in [0.2, 0.25) is 0 Å². The van der Waals surface area contributed by atoms with Gasteiger partial charge in [-0.05, 0) is 60.2 Å². The lowest BCUT2D eigenvalue weighted by Gasteiger charge is -2.39. The van der Waals surface area contributed by atoms with Crippen molar-refractivity contribution in [1.29, 1.82) is 0 Å². The summed E-state index contributed by atoms with van der Waals surface area (Å²) in [4.78, 5) is 25.4. The van der Waals surface area contributed by atoms with E-state index in [1.165, 1.54) is 0 Å². The van der Waals surface area contributed by atoms with Gasteiger partial charge in [0.1, 0.15) is 0 Å². The first-order chi connectivity index (χ1) is 25.2. The van der Waals surface area contributed by atoms with Gasteiger partial charge in [0.2, 0.25) is 5.91 Å². The number of carboxylic acid groups (broad SMARTS) is 1.